The second-order valence-corrected chi connectivity index (χ2v) is 8.27. The lowest BCUT2D eigenvalue weighted by molar-refractivity contribution is -0.140. The van der Waals surface area contributed by atoms with Crippen molar-refractivity contribution in [1.82, 2.24) is 20.9 Å². The van der Waals surface area contributed by atoms with E-state index < -0.39 is 11.8 Å². The third-order valence-electron chi connectivity index (χ3n) is 6.18. The molecule has 2 heterocycles. The minimum absolute atomic E-state index is 0.0698. The lowest BCUT2D eigenvalue weighted by Gasteiger charge is -2.31. The molecule has 1 saturated carbocycles. The smallest absolute Gasteiger partial charge is 0.309 e. The molecule has 6 nitrogen and oxygen atoms in total. The first-order chi connectivity index (χ1) is 11.4. The third-order valence-corrected chi connectivity index (χ3v) is 6.18. The van der Waals surface area contributed by atoms with E-state index in [9.17, 15) is 9.59 Å². The quantitative estimate of drug-likeness (QED) is 0.650. The molecule has 0 bridgehead atoms. The molecule has 0 aromatic heterocycles. The molecule has 0 radical (unpaired) electrons. The topological polar surface area (TPSA) is 73.5 Å². The Bertz CT molecular complexity index is 482. The van der Waals surface area contributed by atoms with Crippen LogP contribution in [0.5, 0.6) is 0 Å². The van der Waals surface area contributed by atoms with Gasteiger partial charge in [0.1, 0.15) is 0 Å². The fraction of sp³-hybridized carbons (Fsp3) is 0.889. The number of likely N-dealkylation sites (tertiary alicyclic amines) is 1. The fourth-order valence-corrected chi connectivity index (χ4v) is 4.53. The van der Waals surface area contributed by atoms with Crippen molar-refractivity contribution < 1.29 is 9.59 Å². The average molecular weight is 336 g/mol. The first kappa shape index (κ1) is 17.7. The Hall–Kier alpha value is -1.14. The molecule has 0 aromatic rings. The predicted molar refractivity (Wildman–Crippen MR) is 93.4 cm³/mol. The van der Waals surface area contributed by atoms with Crippen LogP contribution in [-0.2, 0) is 9.59 Å². The number of amides is 2. The van der Waals surface area contributed by atoms with E-state index in [-0.39, 0.29) is 12.1 Å². The van der Waals surface area contributed by atoms with Crippen molar-refractivity contribution in [1.29, 1.82) is 0 Å². The van der Waals surface area contributed by atoms with Gasteiger partial charge in [-0.2, -0.15) is 0 Å². The Balaban J connectivity index is 1.46. The van der Waals surface area contributed by atoms with Gasteiger partial charge in [0.05, 0.1) is 0 Å². The monoisotopic (exact) mass is 336 g/mol. The van der Waals surface area contributed by atoms with Crippen molar-refractivity contribution in [2.24, 2.45) is 17.8 Å². The molecule has 2 saturated heterocycles. The van der Waals surface area contributed by atoms with Crippen molar-refractivity contribution in [3.05, 3.63) is 0 Å². The Morgan fingerprint density at radius 1 is 1.04 bits per heavy atom. The molecule has 0 spiro atoms. The van der Waals surface area contributed by atoms with Gasteiger partial charge in [0.25, 0.3) is 0 Å². The molecule has 3 rings (SSSR count). The van der Waals surface area contributed by atoms with Crippen LogP contribution in [0.1, 0.15) is 40.0 Å². The molecule has 5 unspecified atom stereocenters. The molecule has 2 aliphatic heterocycles. The summed E-state index contributed by atoms with van der Waals surface area (Å²) in [5.41, 5.74) is 0. The summed E-state index contributed by atoms with van der Waals surface area (Å²) in [6.45, 7) is 10.4. The van der Waals surface area contributed by atoms with Gasteiger partial charge < -0.3 is 16.0 Å². The molecular weight excluding hydrogens is 304 g/mol. The first-order valence-corrected chi connectivity index (χ1v) is 9.50. The summed E-state index contributed by atoms with van der Waals surface area (Å²) >= 11 is 0. The summed E-state index contributed by atoms with van der Waals surface area (Å²) < 4.78 is 0. The fourth-order valence-electron chi connectivity index (χ4n) is 4.53. The van der Waals surface area contributed by atoms with Gasteiger partial charge in [0.2, 0.25) is 0 Å². The maximum Gasteiger partial charge on any atom is 0.309 e. The highest BCUT2D eigenvalue weighted by atomic mass is 16.2. The van der Waals surface area contributed by atoms with Crippen molar-refractivity contribution in [2.45, 2.75) is 58.2 Å². The number of nitrogens with one attached hydrogen (secondary N) is 3. The largest absolute Gasteiger partial charge is 0.345 e. The van der Waals surface area contributed by atoms with Crippen molar-refractivity contribution in [2.75, 3.05) is 26.2 Å². The van der Waals surface area contributed by atoms with E-state index in [0.717, 1.165) is 51.4 Å². The van der Waals surface area contributed by atoms with Crippen LogP contribution in [0, 0.1) is 17.8 Å². The highest BCUT2D eigenvalue weighted by Crippen LogP contribution is 2.32. The van der Waals surface area contributed by atoms with Crippen LogP contribution < -0.4 is 16.0 Å². The summed E-state index contributed by atoms with van der Waals surface area (Å²) in [7, 11) is 0. The number of fused-ring (bicyclic) bond motifs is 1. The molecule has 6 heteroatoms. The van der Waals surface area contributed by atoms with Gasteiger partial charge in [-0.15, -0.1) is 0 Å². The molecule has 5 atom stereocenters. The lowest BCUT2D eigenvalue weighted by atomic mass is 9.79. The van der Waals surface area contributed by atoms with Gasteiger partial charge in [0.15, 0.2) is 0 Å². The standard InChI is InChI=1S/C18H32N4O2/c1-11(2)22-9-12(3)16(10-22)21-18(24)17(23)20-15-5-4-13-7-19-8-14(13)6-15/h11-16,19H,4-10H2,1-3H3,(H,20,23)(H,21,24). The van der Waals surface area contributed by atoms with Gasteiger partial charge in [0, 0.05) is 31.2 Å². The van der Waals surface area contributed by atoms with Gasteiger partial charge >= 0.3 is 11.8 Å². The zero-order valence-corrected chi connectivity index (χ0v) is 15.2. The average Bonchev–Trinajstić information content (AvgIpc) is 3.14. The van der Waals surface area contributed by atoms with Crippen molar-refractivity contribution >= 4 is 11.8 Å². The SMILES string of the molecule is CC1CN(C(C)C)CC1NC(=O)C(=O)NC1CCC2CNCC2C1. The number of carbonyl (C=O) groups excluding carboxylic acids is 2. The number of hydrogen-bond acceptors (Lipinski definition) is 4. The van der Waals surface area contributed by atoms with Crippen LogP contribution in [0.3, 0.4) is 0 Å². The third kappa shape index (κ3) is 3.91. The van der Waals surface area contributed by atoms with Crippen LogP contribution in [0.2, 0.25) is 0 Å². The van der Waals surface area contributed by atoms with E-state index >= 15 is 0 Å². The summed E-state index contributed by atoms with van der Waals surface area (Å²) in [5.74, 6) is 0.864. The normalized spacial score (nSPS) is 36.6. The van der Waals surface area contributed by atoms with Gasteiger partial charge in [-0.3, -0.25) is 14.5 Å². The molecular formula is C18H32N4O2. The molecule has 3 fully saturated rings. The first-order valence-electron chi connectivity index (χ1n) is 9.50. The van der Waals surface area contributed by atoms with Gasteiger partial charge in [-0.05, 0) is 64.0 Å². The summed E-state index contributed by atoms with van der Waals surface area (Å²) in [5, 5.41) is 9.34. The summed E-state index contributed by atoms with van der Waals surface area (Å²) in [4.78, 5) is 26.9. The second-order valence-electron chi connectivity index (χ2n) is 8.27. The Kier molecular flexibility index (Phi) is 5.45. The minimum Gasteiger partial charge on any atom is -0.345 e. The van der Waals surface area contributed by atoms with Crippen molar-refractivity contribution in [3.63, 3.8) is 0 Å². The highest BCUT2D eigenvalue weighted by molar-refractivity contribution is 6.35. The minimum atomic E-state index is -0.468. The van der Waals surface area contributed by atoms with Crippen LogP contribution in [0.4, 0.5) is 0 Å². The Morgan fingerprint density at radius 2 is 1.75 bits per heavy atom. The van der Waals surface area contributed by atoms with E-state index in [2.05, 4.69) is 41.6 Å². The number of rotatable bonds is 3. The molecule has 136 valence electrons. The maximum absolute atomic E-state index is 12.3. The van der Waals surface area contributed by atoms with E-state index in [1.54, 1.807) is 0 Å². The molecule has 3 aliphatic rings. The molecule has 1 aliphatic carbocycles. The Labute approximate surface area is 145 Å². The van der Waals surface area contributed by atoms with Crippen molar-refractivity contribution in [3.8, 4) is 0 Å². The van der Waals surface area contributed by atoms with Crippen LogP contribution in [0.15, 0.2) is 0 Å². The van der Waals surface area contributed by atoms with Crippen LogP contribution in [-0.4, -0.2) is 61.0 Å². The van der Waals surface area contributed by atoms with E-state index in [1.807, 2.05) is 0 Å². The van der Waals surface area contributed by atoms with E-state index in [0.29, 0.717) is 17.9 Å². The molecule has 2 amide bonds. The summed E-state index contributed by atoms with van der Waals surface area (Å²) in [6.07, 6.45) is 3.13. The molecule has 24 heavy (non-hydrogen) atoms. The zero-order valence-electron chi connectivity index (χ0n) is 15.2. The van der Waals surface area contributed by atoms with Crippen LogP contribution >= 0.6 is 0 Å². The summed E-state index contributed by atoms with van der Waals surface area (Å²) in [6, 6.07) is 0.691. The van der Waals surface area contributed by atoms with E-state index in [4.69, 9.17) is 0 Å². The Morgan fingerprint density at radius 3 is 2.46 bits per heavy atom. The number of carbonyl (C=O) groups is 2. The van der Waals surface area contributed by atoms with Crippen LogP contribution in [0.25, 0.3) is 0 Å². The zero-order chi connectivity index (χ0) is 17.3. The second kappa shape index (κ2) is 7.40. The number of hydrogen-bond donors (Lipinski definition) is 3. The molecule has 0 aromatic carbocycles. The number of nitrogens with zero attached hydrogens (tertiary/aromatic N) is 1. The predicted octanol–water partition coefficient (Wildman–Crippen LogP) is 0.336. The highest BCUT2D eigenvalue weighted by Gasteiger charge is 2.36. The lowest BCUT2D eigenvalue weighted by Crippen LogP contribution is -2.50. The maximum atomic E-state index is 12.3. The van der Waals surface area contributed by atoms with Gasteiger partial charge in [-0.1, -0.05) is 6.92 Å². The van der Waals surface area contributed by atoms with Gasteiger partial charge in [-0.25, -0.2) is 0 Å². The van der Waals surface area contributed by atoms with E-state index in [1.165, 1.54) is 0 Å². The molecule has 3 N–H and O–H groups in total.